The van der Waals surface area contributed by atoms with Crippen LogP contribution in [0.2, 0.25) is 5.02 Å². The largest absolute Gasteiger partial charge is 0.497 e. The van der Waals surface area contributed by atoms with E-state index in [1.54, 1.807) is 13.2 Å². The summed E-state index contributed by atoms with van der Waals surface area (Å²) < 4.78 is 18.7. The molecule has 0 amide bonds. The van der Waals surface area contributed by atoms with Crippen LogP contribution < -0.4 is 4.74 Å². The molecule has 3 aromatic rings. The third-order valence-electron chi connectivity index (χ3n) is 6.67. The van der Waals surface area contributed by atoms with Gasteiger partial charge in [0.2, 0.25) is 0 Å². The summed E-state index contributed by atoms with van der Waals surface area (Å²) in [6.45, 7) is 1.76. The summed E-state index contributed by atoms with van der Waals surface area (Å²) in [6.07, 6.45) is 5.29. The average molecular weight is 495 g/mol. The molecule has 0 bridgehead atoms. The maximum Gasteiger partial charge on any atom is 0.308 e. The first-order valence-electron chi connectivity index (χ1n) is 11.8. The second-order valence-corrected chi connectivity index (χ2v) is 9.31. The molecule has 182 valence electrons. The van der Waals surface area contributed by atoms with Gasteiger partial charge in [0.15, 0.2) is 0 Å². The minimum absolute atomic E-state index is 0.0439. The number of benzene rings is 2. The van der Waals surface area contributed by atoms with E-state index in [1.165, 1.54) is 17.7 Å². The number of fused-ring (bicyclic) bond motifs is 1. The van der Waals surface area contributed by atoms with Crippen molar-refractivity contribution in [2.45, 2.75) is 25.7 Å². The molecule has 1 aliphatic heterocycles. The van der Waals surface area contributed by atoms with Crippen LogP contribution in [0.1, 0.15) is 30.4 Å². The summed E-state index contributed by atoms with van der Waals surface area (Å²) in [7, 11) is 1.65. The first kappa shape index (κ1) is 25.0. The Balaban J connectivity index is 1.34. The first-order chi connectivity index (χ1) is 16.9. The molecule has 0 unspecified atom stereocenters. The van der Waals surface area contributed by atoms with Crippen LogP contribution in [-0.4, -0.2) is 47.7 Å². The van der Waals surface area contributed by atoms with Crippen LogP contribution >= 0.6 is 11.6 Å². The van der Waals surface area contributed by atoms with Gasteiger partial charge in [-0.1, -0.05) is 23.4 Å². The van der Waals surface area contributed by atoms with E-state index in [-0.39, 0.29) is 10.9 Å². The fraction of sp³-hybridized carbons (Fsp3) is 0.357. The third kappa shape index (κ3) is 6.30. The maximum absolute atomic E-state index is 13.3. The number of pyridine rings is 1. The zero-order valence-corrected chi connectivity index (χ0v) is 20.4. The highest BCUT2D eigenvalue weighted by atomic mass is 35.5. The van der Waals surface area contributed by atoms with Crippen LogP contribution in [0.5, 0.6) is 5.75 Å². The van der Waals surface area contributed by atoms with E-state index in [0.717, 1.165) is 48.9 Å². The van der Waals surface area contributed by atoms with Gasteiger partial charge in [-0.2, -0.15) is 0 Å². The van der Waals surface area contributed by atoms with E-state index in [1.807, 2.05) is 30.5 Å². The highest BCUT2D eigenvalue weighted by Crippen LogP contribution is 2.30. The number of methoxy groups -OCH3 is 1. The van der Waals surface area contributed by atoms with Crippen LogP contribution in [0.25, 0.3) is 10.9 Å². The number of piperidine rings is 1. The number of carboxylic acids is 1. The highest BCUT2D eigenvalue weighted by Gasteiger charge is 2.33. The smallest absolute Gasteiger partial charge is 0.308 e. The van der Waals surface area contributed by atoms with Crippen molar-refractivity contribution in [1.82, 2.24) is 9.88 Å². The Hall–Kier alpha value is -3.14. The lowest BCUT2D eigenvalue weighted by atomic mass is 9.81. The molecular formula is C28H28ClFN2O3. The van der Waals surface area contributed by atoms with Crippen molar-refractivity contribution in [2.24, 2.45) is 11.8 Å². The fourth-order valence-corrected chi connectivity index (χ4v) is 4.93. The normalized spacial score (nSPS) is 18.1. The lowest BCUT2D eigenvalue weighted by Crippen LogP contribution is -2.44. The second-order valence-electron chi connectivity index (χ2n) is 8.90. The van der Waals surface area contributed by atoms with Gasteiger partial charge in [0.25, 0.3) is 0 Å². The monoisotopic (exact) mass is 494 g/mol. The quantitative estimate of drug-likeness (QED) is 0.443. The molecule has 2 atom stereocenters. The summed E-state index contributed by atoms with van der Waals surface area (Å²) >= 11 is 5.81. The molecule has 2 heterocycles. The molecule has 1 aliphatic rings. The Morgan fingerprint density at radius 1 is 1.29 bits per heavy atom. The Morgan fingerprint density at radius 2 is 2.14 bits per heavy atom. The summed E-state index contributed by atoms with van der Waals surface area (Å²) in [4.78, 5) is 18.5. The molecular weight excluding hydrogens is 467 g/mol. The van der Waals surface area contributed by atoms with Crippen molar-refractivity contribution in [3.8, 4) is 17.6 Å². The number of carbonyl (C=O) groups is 1. The predicted molar refractivity (Wildman–Crippen MR) is 135 cm³/mol. The van der Waals surface area contributed by atoms with Gasteiger partial charge in [-0.25, -0.2) is 4.39 Å². The van der Waals surface area contributed by atoms with Crippen LogP contribution in [0.3, 0.4) is 0 Å². The van der Waals surface area contributed by atoms with Crippen molar-refractivity contribution in [2.75, 3.05) is 26.7 Å². The SMILES string of the molecule is COc1ccc2nccc(CCC[C@@H]3CCN(CC#Cc4ccc(F)c(Cl)c4)C[C@@H]3C(=O)O)c2c1. The van der Waals surface area contributed by atoms with Gasteiger partial charge >= 0.3 is 5.97 Å². The molecule has 35 heavy (non-hydrogen) atoms. The van der Waals surface area contributed by atoms with Crippen LogP contribution in [-0.2, 0) is 11.2 Å². The standard InChI is InChI=1S/C28H28ClFN2O3/c1-35-22-8-10-27-23(17-22)20(11-13-31-27)5-2-6-21-12-15-32(18-24(21)28(33)34)14-3-4-19-7-9-26(30)25(29)16-19/h7-11,13,16-17,21,24H,2,5-6,12,14-15,18H2,1H3,(H,33,34)/t21-,24+/m1/s1. The molecule has 0 aliphatic carbocycles. The molecule has 1 N–H and O–H groups in total. The zero-order valence-electron chi connectivity index (χ0n) is 19.6. The molecule has 1 fully saturated rings. The fourth-order valence-electron chi connectivity index (χ4n) is 4.75. The van der Waals surface area contributed by atoms with E-state index in [4.69, 9.17) is 16.3 Å². The van der Waals surface area contributed by atoms with Gasteiger partial charge in [0.05, 0.1) is 30.1 Å². The van der Waals surface area contributed by atoms with Crippen LogP contribution in [0.4, 0.5) is 4.39 Å². The number of carboxylic acid groups (broad SMARTS) is 1. The maximum atomic E-state index is 13.3. The van der Waals surface area contributed by atoms with Gasteiger partial charge in [0, 0.05) is 23.7 Å². The van der Waals surface area contributed by atoms with Crippen molar-refractivity contribution in [3.05, 3.63) is 70.6 Å². The number of rotatable bonds is 7. The minimum Gasteiger partial charge on any atom is -0.497 e. The summed E-state index contributed by atoms with van der Waals surface area (Å²) in [5.74, 6) is 5.35. The highest BCUT2D eigenvalue weighted by molar-refractivity contribution is 6.30. The number of likely N-dealkylation sites (tertiary alicyclic amines) is 1. The third-order valence-corrected chi connectivity index (χ3v) is 6.96. The molecule has 2 aromatic carbocycles. The van der Waals surface area contributed by atoms with Crippen molar-refractivity contribution >= 4 is 28.5 Å². The summed E-state index contributed by atoms with van der Waals surface area (Å²) in [5.41, 5.74) is 2.78. The topological polar surface area (TPSA) is 62.7 Å². The van der Waals surface area contributed by atoms with Crippen molar-refractivity contribution in [3.63, 3.8) is 0 Å². The Labute approximate surface area is 209 Å². The number of halogens is 2. The number of aliphatic carboxylic acids is 1. The number of aryl methyl sites for hydroxylation is 1. The molecule has 0 spiro atoms. The van der Waals surface area contributed by atoms with Crippen molar-refractivity contribution in [1.29, 1.82) is 0 Å². The average Bonchev–Trinajstić information content (AvgIpc) is 2.86. The van der Waals surface area contributed by atoms with E-state index < -0.39 is 17.7 Å². The molecule has 5 nitrogen and oxygen atoms in total. The molecule has 1 aromatic heterocycles. The lowest BCUT2D eigenvalue weighted by Gasteiger charge is -2.35. The van der Waals surface area contributed by atoms with Gasteiger partial charge in [-0.3, -0.25) is 14.7 Å². The number of nitrogens with zero attached hydrogens (tertiary/aromatic N) is 2. The minimum atomic E-state index is -0.753. The van der Waals surface area contributed by atoms with Crippen LogP contribution in [0, 0.1) is 29.5 Å². The predicted octanol–water partition coefficient (Wildman–Crippen LogP) is 5.43. The summed E-state index contributed by atoms with van der Waals surface area (Å²) in [6, 6.07) is 12.3. The first-order valence-corrected chi connectivity index (χ1v) is 12.1. The van der Waals surface area contributed by atoms with E-state index in [2.05, 4.69) is 21.7 Å². The number of aromatic nitrogens is 1. The van der Waals surface area contributed by atoms with Crippen molar-refractivity contribution < 1.29 is 19.0 Å². The van der Waals surface area contributed by atoms with Gasteiger partial charge in [-0.05, 0) is 86.2 Å². The van der Waals surface area contributed by atoms with Gasteiger partial charge in [-0.15, -0.1) is 0 Å². The second kappa shape index (κ2) is 11.5. The van der Waals surface area contributed by atoms with E-state index in [0.29, 0.717) is 18.7 Å². The Morgan fingerprint density at radius 3 is 2.91 bits per heavy atom. The molecule has 0 radical (unpaired) electrons. The summed E-state index contributed by atoms with van der Waals surface area (Å²) in [5, 5.41) is 11.0. The van der Waals surface area contributed by atoms with Gasteiger partial charge in [0.1, 0.15) is 11.6 Å². The molecule has 4 rings (SSSR count). The Bertz CT molecular complexity index is 1270. The zero-order chi connectivity index (χ0) is 24.8. The number of ether oxygens (including phenoxy) is 1. The number of hydrogen-bond acceptors (Lipinski definition) is 4. The molecule has 7 heteroatoms. The molecule has 1 saturated heterocycles. The van der Waals surface area contributed by atoms with E-state index in [9.17, 15) is 14.3 Å². The van der Waals surface area contributed by atoms with Gasteiger partial charge < -0.3 is 9.84 Å². The molecule has 0 saturated carbocycles. The Kier molecular flexibility index (Phi) is 8.22. The number of hydrogen-bond donors (Lipinski definition) is 1. The van der Waals surface area contributed by atoms with Crippen LogP contribution in [0.15, 0.2) is 48.7 Å². The lowest BCUT2D eigenvalue weighted by molar-refractivity contribution is -0.146. The van der Waals surface area contributed by atoms with E-state index >= 15 is 0 Å².